The van der Waals surface area contributed by atoms with Crippen molar-refractivity contribution in [3.63, 3.8) is 0 Å². The van der Waals surface area contributed by atoms with Gasteiger partial charge in [-0.2, -0.15) is 0 Å². The van der Waals surface area contributed by atoms with Gasteiger partial charge in [0.15, 0.2) is 0 Å². The van der Waals surface area contributed by atoms with E-state index in [9.17, 15) is 0 Å². The van der Waals surface area contributed by atoms with Crippen molar-refractivity contribution in [3.05, 3.63) is 42.9 Å². The highest BCUT2D eigenvalue weighted by Gasteiger charge is 2.06. The molecule has 0 saturated heterocycles. The van der Waals surface area contributed by atoms with E-state index in [2.05, 4.69) is 9.97 Å². The molecule has 0 atom stereocenters. The van der Waals surface area contributed by atoms with Gasteiger partial charge in [-0.1, -0.05) is 6.07 Å². The Kier molecular flexibility index (Phi) is 3.46. The van der Waals surface area contributed by atoms with Crippen molar-refractivity contribution in [1.29, 1.82) is 0 Å². The number of pyridine rings is 2. The van der Waals surface area contributed by atoms with E-state index in [0.717, 1.165) is 11.3 Å². The molecule has 4 nitrogen and oxygen atoms in total. The van der Waals surface area contributed by atoms with Crippen LogP contribution in [0, 0.1) is 0 Å². The third kappa shape index (κ3) is 2.35. The third-order valence-corrected chi connectivity index (χ3v) is 2.07. The van der Waals surface area contributed by atoms with E-state index in [1.54, 1.807) is 18.6 Å². The third-order valence-electron chi connectivity index (χ3n) is 2.07. The Balaban J connectivity index is 2.33. The maximum absolute atomic E-state index is 8.73. The Morgan fingerprint density at radius 1 is 1.19 bits per heavy atom. The summed E-state index contributed by atoms with van der Waals surface area (Å²) < 4.78 is 5.39. The second-order valence-electron chi connectivity index (χ2n) is 3.16. The molecule has 2 rings (SSSR count). The highest BCUT2D eigenvalue weighted by Crippen LogP contribution is 2.26. The molecule has 2 aromatic heterocycles. The number of aliphatic hydroxyl groups is 1. The Labute approximate surface area is 93.6 Å². The number of hydrogen-bond acceptors (Lipinski definition) is 4. The molecule has 0 unspecified atom stereocenters. The summed E-state index contributed by atoms with van der Waals surface area (Å²) in [6.45, 7) is 0.238. The molecule has 0 radical (unpaired) electrons. The van der Waals surface area contributed by atoms with Gasteiger partial charge in [-0.25, -0.2) is 0 Å². The topological polar surface area (TPSA) is 55.2 Å². The summed E-state index contributed by atoms with van der Waals surface area (Å²) in [5.74, 6) is 0.634. The molecule has 0 aliphatic rings. The molecular formula is C12H12N2O2. The van der Waals surface area contributed by atoms with Gasteiger partial charge >= 0.3 is 0 Å². The quantitative estimate of drug-likeness (QED) is 0.841. The molecule has 16 heavy (non-hydrogen) atoms. The van der Waals surface area contributed by atoms with Gasteiger partial charge in [0, 0.05) is 18.0 Å². The molecule has 0 spiro atoms. The monoisotopic (exact) mass is 216 g/mol. The predicted molar refractivity (Wildman–Crippen MR) is 60.0 cm³/mol. The van der Waals surface area contributed by atoms with E-state index in [1.807, 2.05) is 24.3 Å². The van der Waals surface area contributed by atoms with Gasteiger partial charge in [0.2, 0.25) is 0 Å². The minimum absolute atomic E-state index is 0.0173. The fourth-order valence-electron chi connectivity index (χ4n) is 1.38. The average molecular weight is 216 g/mol. The number of aromatic nitrogens is 2. The van der Waals surface area contributed by atoms with Crippen molar-refractivity contribution in [2.75, 3.05) is 13.2 Å². The highest BCUT2D eigenvalue weighted by atomic mass is 16.5. The Morgan fingerprint density at radius 2 is 2.12 bits per heavy atom. The van der Waals surface area contributed by atoms with Crippen LogP contribution in [0.3, 0.4) is 0 Å². The summed E-state index contributed by atoms with van der Waals surface area (Å²) in [6, 6.07) is 7.52. The van der Waals surface area contributed by atoms with Crippen LogP contribution in [0.1, 0.15) is 0 Å². The molecule has 82 valence electrons. The lowest BCUT2D eigenvalue weighted by atomic mass is 10.1. The van der Waals surface area contributed by atoms with Crippen molar-refractivity contribution in [2.45, 2.75) is 0 Å². The molecule has 0 aliphatic heterocycles. The van der Waals surface area contributed by atoms with Crippen LogP contribution in [0.25, 0.3) is 11.3 Å². The van der Waals surface area contributed by atoms with Gasteiger partial charge in [0.25, 0.3) is 0 Å². The molecule has 2 heterocycles. The average Bonchev–Trinajstić information content (AvgIpc) is 2.38. The van der Waals surface area contributed by atoms with Gasteiger partial charge < -0.3 is 9.84 Å². The molecule has 0 aliphatic carbocycles. The first-order chi connectivity index (χ1) is 7.92. The van der Waals surface area contributed by atoms with Crippen LogP contribution in [0.5, 0.6) is 5.75 Å². The second-order valence-corrected chi connectivity index (χ2v) is 3.16. The number of hydrogen-bond donors (Lipinski definition) is 1. The number of ether oxygens (including phenoxy) is 1. The lowest BCUT2D eigenvalue weighted by Gasteiger charge is -2.08. The minimum atomic E-state index is -0.0173. The minimum Gasteiger partial charge on any atom is -0.489 e. The van der Waals surface area contributed by atoms with Gasteiger partial charge in [0.05, 0.1) is 18.5 Å². The second kappa shape index (κ2) is 5.23. The van der Waals surface area contributed by atoms with E-state index in [4.69, 9.17) is 9.84 Å². The first kappa shape index (κ1) is 10.6. The van der Waals surface area contributed by atoms with Crippen molar-refractivity contribution < 1.29 is 9.84 Å². The smallest absolute Gasteiger partial charge is 0.147 e. The maximum atomic E-state index is 8.73. The SMILES string of the molecule is OCCOc1cnccc1-c1ccccn1. The van der Waals surface area contributed by atoms with Gasteiger partial charge in [-0.05, 0) is 18.2 Å². The summed E-state index contributed by atoms with van der Waals surface area (Å²) in [4.78, 5) is 8.24. The fraction of sp³-hybridized carbons (Fsp3) is 0.167. The van der Waals surface area contributed by atoms with E-state index in [1.165, 1.54) is 0 Å². The number of rotatable bonds is 4. The van der Waals surface area contributed by atoms with E-state index in [-0.39, 0.29) is 13.2 Å². The summed E-state index contributed by atoms with van der Waals surface area (Å²) in [7, 11) is 0. The molecular weight excluding hydrogens is 204 g/mol. The molecule has 1 N–H and O–H groups in total. The lowest BCUT2D eigenvalue weighted by molar-refractivity contribution is 0.201. The van der Waals surface area contributed by atoms with E-state index >= 15 is 0 Å². The molecule has 4 heteroatoms. The Morgan fingerprint density at radius 3 is 2.88 bits per heavy atom. The molecule has 0 fully saturated rings. The molecule has 0 amide bonds. The van der Waals surface area contributed by atoms with Gasteiger partial charge in [0.1, 0.15) is 12.4 Å². The van der Waals surface area contributed by atoms with Crippen molar-refractivity contribution in [3.8, 4) is 17.0 Å². The van der Waals surface area contributed by atoms with Crippen molar-refractivity contribution >= 4 is 0 Å². The normalized spacial score (nSPS) is 10.1. The van der Waals surface area contributed by atoms with Crippen molar-refractivity contribution in [2.24, 2.45) is 0 Å². The van der Waals surface area contributed by atoms with Gasteiger partial charge in [-0.15, -0.1) is 0 Å². The summed E-state index contributed by atoms with van der Waals surface area (Å²) in [5.41, 5.74) is 1.71. The number of aliphatic hydroxyl groups excluding tert-OH is 1. The van der Waals surface area contributed by atoms with Crippen LogP contribution in [0.15, 0.2) is 42.9 Å². The van der Waals surface area contributed by atoms with Crippen LogP contribution in [0.4, 0.5) is 0 Å². The molecule has 0 aromatic carbocycles. The molecule has 0 bridgehead atoms. The zero-order valence-electron chi connectivity index (χ0n) is 8.71. The first-order valence-corrected chi connectivity index (χ1v) is 5.01. The van der Waals surface area contributed by atoms with Crippen molar-refractivity contribution in [1.82, 2.24) is 9.97 Å². The largest absolute Gasteiger partial charge is 0.489 e. The number of nitrogens with zero attached hydrogens (tertiary/aromatic N) is 2. The van der Waals surface area contributed by atoms with Crippen LogP contribution >= 0.6 is 0 Å². The predicted octanol–water partition coefficient (Wildman–Crippen LogP) is 1.51. The summed E-state index contributed by atoms with van der Waals surface area (Å²) in [6.07, 6.45) is 5.04. The zero-order valence-corrected chi connectivity index (χ0v) is 8.71. The molecule has 0 saturated carbocycles. The first-order valence-electron chi connectivity index (χ1n) is 5.01. The van der Waals surface area contributed by atoms with E-state index < -0.39 is 0 Å². The van der Waals surface area contributed by atoms with Crippen LogP contribution in [-0.2, 0) is 0 Å². The van der Waals surface area contributed by atoms with E-state index in [0.29, 0.717) is 5.75 Å². The summed E-state index contributed by atoms with van der Waals surface area (Å²) in [5, 5.41) is 8.73. The standard InChI is InChI=1S/C12H12N2O2/c15-7-8-16-12-9-13-6-4-10(12)11-3-1-2-5-14-11/h1-6,9,15H,7-8H2. The molecule has 2 aromatic rings. The zero-order chi connectivity index (χ0) is 11.2. The Bertz CT molecular complexity index is 446. The lowest BCUT2D eigenvalue weighted by Crippen LogP contribution is -2.03. The fourth-order valence-corrected chi connectivity index (χ4v) is 1.38. The van der Waals surface area contributed by atoms with Crippen LogP contribution in [-0.4, -0.2) is 28.3 Å². The van der Waals surface area contributed by atoms with Gasteiger partial charge in [-0.3, -0.25) is 9.97 Å². The maximum Gasteiger partial charge on any atom is 0.147 e. The summed E-state index contributed by atoms with van der Waals surface area (Å²) >= 11 is 0. The van der Waals surface area contributed by atoms with Crippen LogP contribution in [0.2, 0.25) is 0 Å². The Hall–Kier alpha value is -1.94. The van der Waals surface area contributed by atoms with Crippen LogP contribution < -0.4 is 4.74 Å². The highest BCUT2D eigenvalue weighted by molar-refractivity contribution is 5.65.